The lowest BCUT2D eigenvalue weighted by molar-refractivity contribution is -0.137. The molecule has 1 aromatic rings. The molecule has 0 saturated carbocycles. The molecule has 0 aliphatic carbocycles. The topological polar surface area (TPSA) is 9.23 Å². The van der Waals surface area contributed by atoms with Crippen molar-refractivity contribution < 1.29 is 17.9 Å². The third kappa shape index (κ3) is 3.76. The largest absolute Gasteiger partial charge is 0.494 e. The van der Waals surface area contributed by atoms with Crippen LogP contribution in [0, 0.1) is 6.92 Å². The highest BCUT2D eigenvalue weighted by molar-refractivity contribution is 5.37. The molecule has 1 aromatic carbocycles. The van der Waals surface area contributed by atoms with Crippen LogP contribution in [0.1, 0.15) is 30.9 Å². The summed E-state index contributed by atoms with van der Waals surface area (Å²) in [4.78, 5) is 0. The van der Waals surface area contributed by atoms with Gasteiger partial charge in [-0.2, -0.15) is 13.2 Å². The number of alkyl halides is 3. The molecule has 4 heteroatoms. The molecule has 0 amide bonds. The second-order valence-corrected chi connectivity index (χ2v) is 3.57. The van der Waals surface area contributed by atoms with E-state index in [4.69, 9.17) is 4.74 Å². The molecule has 0 heterocycles. The molecule has 0 bridgehead atoms. The molecule has 89 valence electrons. The maximum absolute atomic E-state index is 12.5. The predicted molar refractivity (Wildman–Crippen MR) is 56.3 cm³/mol. The lowest BCUT2D eigenvalue weighted by Gasteiger charge is -2.11. The quantitative estimate of drug-likeness (QED) is 0.710. The van der Waals surface area contributed by atoms with Gasteiger partial charge < -0.3 is 4.74 Å². The Morgan fingerprint density at radius 2 is 1.94 bits per heavy atom. The molecule has 1 rings (SSSR count). The number of unbranched alkanes of at least 4 members (excludes halogenated alkanes) is 1. The van der Waals surface area contributed by atoms with Crippen LogP contribution in [-0.2, 0) is 6.18 Å². The second kappa shape index (κ2) is 5.23. The summed E-state index contributed by atoms with van der Waals surface area (Å²) in [6.45, 7) is 5.92. The zero-order valence-corrected chi connectivity index (χ0v) is 9.10. The summed E-state index contributed by atoms with van der Waals surface area (Å²) in [5, 5.41) is 0. The Bertz CT molecular complexity index is 345. The second-order valence-electron chi connectivity index (χ2n) is 3.57. The van der Waals surface area contributed by atoms with Crippen LogP contribution in [0.3, 0.4) is 0 Å². The van der Waals surface area contributed by atoms with Crippen LogP contribution in [0.2, 0.25) is 0 Å². The van der Waals surface area contributed by atoms with Gasteiger partial charge in [0.15, 0.2) is 0 Å². The summed E-state index contributed by atoms with van der Waals surface area (Å²) in [5.74, 6) is 0.230. The van der Waals surface area contributed by atoms with Gasteiger partial charge in [-0.05, 0) is 37.1 Å². The van der Waals surface area contributed by atoms with E-state index in [1.165, 1.54) is 6.07 Å². The van der Waals surface area contributed by atoms with E-state index in [2.05, 4.69) is 6.92 Å². The van der Waals surface area contributed by atoms with Gasteiger partial charge in [-0.15, -0.1) is 0 Å². The minimum Gasteiger partial charge on any atom is -0.494 e. The highest BCUT2D eigenvalue weighted by atomic mass is 19.4. The van der Waals surface area contributed by atoms with E-state index in [1.54, 1.807) is 0 Å². The molecule has 0 saturated heterocycles. The molecular weight excluding hydrogens is 217 g/mol. The van der Waals surface area contributed by atoms with Crippen LogP contribution < -0.4 is 4.74 Å². The molecular formula is C12H14F3O. The van der Waals surface area contributed by atoms with E-state index in [0.717, 1.165) is 25.0 Å². The first-order chi connectivity index (χ1) is 7.43. The van der Waals surface area contributed by atoms with Gasteiger partial charge in [0.2, 0.25) is 0 Å². The lowest BCUT2D eigenvalue weighted by atomic mass is 10.1. The van der Waals surface area contributed by atoms with Crippen LogP contribution in [0.15, 0.2) is 18.2 Å². The Morgan fingerprint density at radius 3 is 2.50 bits per heavy atom. The molecule has 0 N–H and O–H groups in total. The van der Waals surface area contributed by atoms with E-state index in [-0.39, 0.29) is 5.75 Å². The van der Waals surface area contributed by atoms with Gasteiger partial charge in [-0.3, -0.25) is 0 Å². The third-order valence-electron chi connectivity index (χ3n) is 2.06. The van der Waals surface area contributed by atoms with Crippen molar-refractivity contribution in [2.24, 2.45) is 0 Å². The van der Waals surface area contributed by atoms with E-state index < -0.39 is 11.7 Å². The van der Waals surface area contributed by atoms with E-state index in [0.29, 0.717) is 12.2 Å². The van der Waals surface area contributed by atoms with Gasteiger partial charge in [0, 0.05) is 0 Å². The fourth-order valence-corrected chi connectivity index (χ4v) is 1.24. The number of rotatable bonds is 4. The Morgan fingerprint density at radius 1 is 1.25 bits per heavy atom. The summed E-state index contributed by atoms with van der Waals surface area (Å²) in [6.07, 6.45) is -2.59. The van der Waals surface area contributed by atoms with Crippen LogP contribution >= 0.6 is 0 Å². The van der Waals surface area contributed by atoms with Crippen LogP contribution in [0.25, 0.3) is 0 Å². The van der Waals surface area contributed by atoms with Crippen molar-refractivity contribution in [3.8, 4) is 5.75 Å². The summed E-state index contributed by atoms with van der Waals surface area (Å²) in [6, 6.07) is 3.52. The smallest absolute Gasteiger partial charge is 0.416 e. The monoisotopic (exact) mass is 231 g/mol. The van der Waals surface area contributed by atoms with Crippen molar-refractivity contribution in [2.75, 3.05) is 6.61 Å². The van der Waals surface area contributed by atoms with Crippen molar-refractivity contribution >= 4 is 0 Å². The highest BCUT2D eigenvalue weighted by Gasteiger charge is 2.31. The Kier molecular flexibility index (Phi) is 4.21. The van der Waals surface area contributed by atoms with E-state index in [9.17, 15) is 13.2 Å². The lowest BCUT2D eigenvalue weighted by Crippen LogP contribution is -2.06. The fraction of sp³-hybridized carbons (Fsp3) is 0.417. The maximum atomic E-state index is 12.5. The van der Waals surface area contributed by atoms with Gasteiger partial charge in [-0.25, -0.2) is 0 Å². The van der Waals surface area contributed by atoms with Crippen LogP contribution in [-0.4, -0.2) is 6.61 Å². The molecule has 1 radical (unpaired) electrons. The molecule has 0 unspecified atom stereocenters. The van der Waals surface area contributed by atoms with Crippen molar-refractivity contribution in [3.05, 3.63) is 36.2 Å². The van der Waals surface area contributed by atoms with Gasteiger partial charge in [0.25, 0.3) is 0 Å². The summed E-state index contributed by atoms with van der Waals surface area (Å²) >= 11 is 0. The molecule has 16 heavy (non-hydrogen) atoms. The highest BCUT2D eigenvalue weighted by Crippen LogP contribution is 2.32. The Hall–Kier alpha value is -1.19. The van der Waals surface area contributed by atoms with Gasteiger partial charge in [0.05, 0.1) is 12.2 Å². The minimum atomic E-state index is -4.35. The van der Waals surface area contributed by atoms with E-state index >= 15 is 0 Å². The molecule has 0 aliphatic heterocycles. The van der Waals surface area contributed by atoms with Crippen molar-refractivity contribution in [3.63, 3.8) is 0 Å². The fourth-order valence-electron chi connectivity index (χ4n) is 1.24. The number of ether oxygens (including phenoxy) is 1. The van der Waals surface area contributed by atoms with Crippen LogP contribution in [0.5, 0.6) is 5.75 Å². The van der Waals surface area contributed by atoms with Crippen molar-refractivity contribution in [2.45, 2.75) is 25.9 Å². The standard InChI is InChI=1S/C12H14F3O/c1-3-4-5-16-11-7-9(2)6-10(8-11)12(13,14)15/h6-8H,2-5H2,1H3. The third-order valence-corrected chi connectivity index (χ3v) is 2.06. The maximum Gasteiger partial charge on any atom is 0.416 e. The average Bonchev–Trinajstić information content (AvgIpc) is 2.16. The Balaban J connectivity index is 2.82. The number of halogens is 3. The SMILES string of the molecule is [CH2]c1cc(OCCCC)cc(C(F)(F)F)c1. The molecule has 0 fully saturated rings. The zero-order chi connectivity index (χ0) is 12.2. The molecule has 0 aromatic heterocycles. The minimum absolute atomic E-state index is 0.230. The van der Waals surface area contributed by atoms with Crippen LogP contribution in [0.4, 0.5) is 13.2 Å². The molecule has 0 atom stereocenters. The number of benzene rings is 1. The summed E-state index contributed by atoms with van der Waals surface area (Å²) in [5.41, 5.74) is -0.409. The Labute approximate surface area is 93.2 Å². The number of hydrogen-bond donors (Lipinski definition) is 0. The van der Waals surface area contributed by atoms with Crippen molar-refractivity contribution in [1.82, 2.24) is 0 Å². The van der Waals surface area contributed by atoms with Crippen molar-refractivity contribution in [1.29, 1.82) is 0 Å². The van der Waals surface area contributed by atoms with Gasteiger partial charge in [-0.1, -0.05) is 13.3 Å². The molecule has 1 nitrogen and oxygen atoms in total. The van der Waals surface area contributed by atoms with Gasteiger partial charge in [0.1, 0.15) is 5.75 Å². The first-order valence-corrected chi connectivity index (χ1v) is 5.10. The number of hydrogen-bond acceptors (Lipinski definition) is 1. The normalized spacial score (nSPS) is 11.6. The summed E-state index contributed by atoms with van der Waals surface area (Å²) in [7, 11) is 0. The predicted octanol–water partition coefficient (Wildman–Crippen LogP) is 4.07. The molecule has 0 spiro atoms. The first kappa shape index (κ1) is 12.9. The van der Waals surface area contributed by atoms with E-state index in [1.807, 2.05) is 6.92 Å². The molecule has 0 aliphatic rings. The summed E-state index contributed by atoms with van der Waals surface area (Å²) < 4.78 is 42.6. The van der Waals surface area contributed by atoms with Gasteiger partial charge >= 0.3 is 6.18 Å². The first-order valence-electron chi connectivity index (χ1n) is 5.10. The average molecular weight is 231 g/mol. The zero-order valence-electron chi connectivity index (χ0n) is 9.10.